The number of amides is 1. The summed E-state index contributed by atoms with van der Waals surface area (Å²) in [5.41, 5.74) is 5.75. The van der Waals surface area contributed by atoms with Gasteiger partial charge in [0.2, 0.25) is 5.91 Å². The largest absolute Gasteiger partial charge is 0.350 e. The van der Waals surface area contributed by atoms with Crippen LogP contribution in [0.3, 0.4) is 0 Å². The molecule has 35 heavy (non-hydrogen) atoms. The van der Waals surface area contributed by atoms with Crippen molar-refractivity contribution in [2.45, 2.75) is 38.4 Å². The van der Waals surface area contributed by atoms with Crippen LogP contribution in [-0.4, -0.2) is 44.1 Å². The zero-order valence-corrected chi connectivity index (χ0v) is 19.8. The number of nitrogens with one attached hydrogen (secondary N) is 1. The van der Waals surface area contributed by atoms with E-state index in [9.17, 15) is 4.79 Å². The third-order valence-corrected chi connectivity index (χ3v) is 6.60. The Hall–Kier alpha value is -3.84. The summed E-state index contributed by atoms with van der Waals surface area (Å²) >= 11 is 0. The van der Waals surface area contributed by atoms with Gasteiger partial charge in [0.1, 0.15) is 12.4 Å². The van der Waals surface area contributed by atoms with Crippen molar-refractivity contribution >= 4 is 5.91 Å². The van der Waals surface area contributed by atoms with Crippen molar-refractivity contribution in [1.82, 2.24) is 30.4 Å². The minimum absolute atomic E-state index is 0.114. The fourth-order valence-corrected chi connectivity index (χ4v) is 4.70. The minimum Gasteiger partial charge on any atom is -0.350 e. The van der Waals surface area contributed by atoms with E-state index in [0.29, 0.717) is 13.0 Å². The normalized spacial score (nSPS) is 14.6. The van der Waals surface area contributed by atoms with E-state index < -0.39 is 6.04 Å². The van der Waals surface area contributed by atoms with Crippen molar-refractivity contribution in [3.63, 3.8) is 0 Å². The number of carbonyl (C=O) groups excluding carboxylic acids is 1. The first kappa shape index (κ1) is 22.9. The van der Waals surface area contributed by atoms with E-state index in [1.807, 2.05) is 42.5 Å². The van der Waals surface area contributed by atoms with Gasteiger partial charge in [-0.1, -0.05) is 78.9 Å². The molecule has 0 radical (unpaired) electrons. The molecule has 7 heteroatoms. The van der Waals surface area contributed by atoms with Crippen molar-refractivity contribution in [2.24, 2.45) is 0 Å². The summed E-state index contributed by atoms with van der Waals surface area (Å²) in [6.07, 6.45) is 4.61. The van der Waals surface area contributed by atoms with Crippen LogP contribution in [0.5, 0.6) is 0 Å². The highest BCUT2D eigenvalue weighted by Crippen LogP contribution is 2.25. The first-order chi connectivity index (χ1) is 17.3. The van der Waals surface area contributed by atoms with Crippen LogP contribution in [0.2, 0.25) is 0 Å². The summed E-state index contributed by atoms with van der Waals surface area (Å²) in [7, 11) is 0. The first-order valence-corrected chi connectivity index (χ1v) is 12.2. The number of nitrogens with zero attached hydrogens (tertiary/aromatic N) is 5. The Labute approximate surface area is 205 Å². The zero-order valence-electron chi connectivity index (χ0n) is 19.8. The van der Waals surface area contributed by atoms with Gasteiger partial charge in [-0.25, -0.2) is 4.68 Å². The Morgan fingerprint density at radius 2 is 1.63 bits per heavy atom. The molecule has 1 N–H and O–H groups in total. The minimum atomic E-state index is -0.524. The number of carbonyl (C=O) groups is 1. The molecule has 0 bridgehead atoms. The lowest BCUT2D eigenvalue weighted by Crippen LogP contribution is -2.34. The van der Waals surface area contributed by atoms with Crippen molar-refractivity contribution in [1.29, 1.82) is 0 Å². The average Bonchev–Trinajstić information content (AvgIpc) is 3.62. The van der Waals surface area contributed by atoms with Gasteiger partial charge in [0.15, 0.2) is 0 Å². The van der Waals surface area contributed by atoms with E-state index >= 15 is 0 Å². The Balaban J connectivity index is 1.28. The van der Waals surface area contributed by atoms with Crippen LogP contribution in [0.1, 0.15) is 35.6 Å². The second-order valence-corrected chi connectivity index (χ2v) is 9.05. The second kappa shape index (κ2) is 11.1. The van der Waals surface area contributed by atoms with Gasteiger partial charge in [-0.15, -0.1) is 5.10 Å². The summed E-state index contributed by atoms with van der Waals surface area (Å²) in [6, 6.07) is 26.4. The van der Waals surface area contributed by atoms with Gasteiger partial charge in [-0.2, -0.15) is 0 Å². The Morgan fingerprint density at radius 3 is 2.37 bits per heavy atom. The van der Waals surface area contributed by atoms with Crippen LogP contribution in [0.25, 0.3) is 11.1 Å². The molecule has 1 atom stereocenters. The molecular formula is C28H30N6O. The number of hydrogen-bond donors (Lipinski definition) is 1. The molecule has 0 spiro atoms. The number of hydrogen-bond acceptors (Lipinski definition) is 5. The molecule has 1 aliphatic rings. The third kappa shape index (κ3) is 5.81. The summed E-state index contributed by atoms with van der Waals surface area (Å²) in [6.45, 7) is 3.83. The molecule has 0 aliphatic carbocycles. The Bertz CT molecular complexity index is 1220. The van der Waals surface area contributed by atoms with Gasteiger partial charge < -0.3 is 5.32 Å². The van der Waals surface area contributed by atoms with Gasteiger partial charge >= 0.3 is 0 Å². The van der Waals surface area contributed by atoms with Crippen molar-refractivity contribution in [2.75, 3.05) is 13.1 Å². The topological polar surface area (TPSA) is 75.9 Å². The van der Waals surface area contributed by atoms with E-state index in [0.717, 1.165) is 28.8 Å². The summed E-state index contributed by atoms with van der Waals surface area (Å²) < 4.78 is 1.52. The van der Waals surface area contributed by atoms with E-state index in [2.05, 4.69) is 62.1 Å². The summed E-state index contributed by atoms with van der Waals surface area (Å²) in [5.74, 6) is -0.114. The molecule has 0 saturated carbocycles. The highest BCUT2D eigenvalue weighted by Gasteiger charge is 2.22. The maximum absolute atomic E-state index is 13.2. The molecule has 1 amide bonds. The molecule has 178 valence electrons. The van der Waals surface area contributed by atoms with Gasteiger partial charge in [0.05, 0.1) is 0 Å². The lowest BCUT2D eigenvalue weighted by molar-refractivity contribution is -0.124. The van der Waals surface area contributed by atoms with Crippen LogP contribution < -0.4 is 5.32 Å². The van der Waals surface area contributed by atoms with Crippen molar-refractivity contribution < 1.29 is 4.79 Å². The first-order valence-electron chi connectivity index (χ1n) is 12.2. The smallest absolute Gasteiger partial charge is 0.245 e. The van der Waals surface area contributed by atoms with E-state index in [-0.39, 0.29) is 5.91 Å². The predicted octanol–water partition coefficient (Wildman–Crippen LogP) is 4.04. The Morgan fingerprint density at radius 1 is 0.886 bits per heavy atom. The molecule has 1 aromatic heterocycles. The predicted molar refractivity (Wildman–Crippen MR) is 135 cm³/mol. The molecular weight excluding hydrogens is 436 g/mol. The SMILES string of the molecule is O=C(NCc1ccccc1-c1ccc(CN2CCCC2)cc1)[C@@H](Cc1ccccc1)n1cnnn1. The third-order valence-electron chi connectivity index (χ3n) is 6.60. The molecule has 3 aromatic carbocycles. The van der Waals surface area contributed by atoms with Gasteiger partial charge in [0, 0.05) is 19.5 Å². The molecule has 5 rings (SSSR count). The number of likely N-dealkylation sites (tertiary alicyclic amines) is 1. The number of aromatic nitrogens is 4. The monoisotopic (exact) mass is 466 g/mol. The highest BCUT2D eigenvalue weighted by molar-refractivity contribution is 5.81. The van der Waals surface area contributed by atoms with Gasteiger partial charge in [-0.05, 0) is 64.2 Å². The molecule has 2 heterocycles. The van der Waals surface area contributed by atoms with Crippen molar-refractivity contribution in [3.05, 3.63) is 102 Å². The summed E-state index contributed by atoms with van der Waals surface area (Å²) in [4.78, 5) is 15.8. The Kier molecular flexibility index (Phi) is 7.24. The fourth-order valence-electron chi connectivity index (χ4n) is 4.70. The number of benzene rings is 3. The molecule has 1 fully saturated rings. The maximum Gasteiger partial charge on any atom is 0.245 e. The van der Waals surface area contributed by atoms with E-state index in [1.54, 1.807) is 0 Å². The van der Waals surface area contributed by atoms with Crippen LogP contribution in [0.15, 0.2) is 85.2 Å². The second-order valence-electron chi connectivity index (χ2n) is 9.05. The molecule has 4 aromatic rings. The van der Waals surface area contributed by atoms with Gasteiger partial charge in [-0.3, -0.25) is 9.69 Å². The number of rotatable bonds is 9. The van der Waals surface area contributed by atoms with E-state index in [4.69, 9.17) is 0 Å². The maximum atomic E-state index is 13.2. The summed E-state index contributed by atoms with van der Waals surface area (Å²) in [5, 5.41) is 14.6. The molecule has 1 saturated heterocycles. The van der Waals surface area contributed by atoms with Gasteiger partial charge in [0.25, 0.3) is 0 Å². The quantitative estimate of drug-likeness (QED) is 0.403. The highest BCUT2D eigenvalue weighted by atomic mass is 16.2. The molecule has 7 nitrogen and oxygen atoms in total. The lowest BCUT2D eigenvalue weighted by Gasteiger charge is -2.18. The van der Waals surface area contributed by atoms with Crippen molar-refractivity contribution in [3.8, 4) is 11.1 Å². The van der Waals surface area contributed by atoms with Crippen LogP contribution in [0, 0.1) is 0 Å². The molecule has 1 aliphatic heterocycles. The zero-order chi connectivity index (χ0) is 23.9. The average molecular weight is 467 g/mol. The van der Waals surface area contributed by atoms with Crippen LogP contribution in [0.4, 0.5) is 0 Å². The lowest BCUT2D eigenvalue weighted by atomic mass is 9.98. The molecule has 0 unspecified atom stereocenters. The standard InChI is InChI=1S/C28H30N6O/c35-28(27(34-21-30-31-32-34)18-22-8-2-1-3-9-22)29-19-25-10-4-5-11-26(25)24-14-12-23(13-15-24)20-33-16-6-7-17-33/h1-5,8-15,21,27H,6-7,16-20H2,(H,29,35)/t27-/m1/s1. The van der Waals surface area contributed by atoms with Crippen LogP contribution in [-0.2, 0) is 24.3 Å². The van der Waals surface area contributed by atoms with E-state index in [1.165, 1.54) is 42.5 Å². The van der Waals surface area contributed by atoms with Crippen LogP contribution >= 0.6 is 0 Å². The number of tetrazole rings is 1. The fraction of sp³-hybridized carbons (Fsp3) is 0.286.